The average molecular weight is 309 g/mol. The molecule has 0 saturated carbocycles. The topological polar surface area (TPSA) is 0 Å². The maximum absolute atomic E-state index is 6.15. The lowest BCUT2D eigenvalue weighted by molar-refractivity contribution is 1.47. The number of halogens is 1. The van der Waals surface area contributed by atoms with Gasteiger partial charge >= 0.3 is 0 Å². The second-order valence-corrected chi connectivity index (χ2v) is 6.70. The molecule has 21 heavy (non-hydrogen) atoms. The van der Waals surface area contributed by atoms with Crippen LogP contribution in [0.1, 0.15) is 5.56 Å². The van der Waals surface area contributed by atoms with Gasteiger partial charge in [-0.1, -0.05) is 54.1 Å². The lowest BCUT2D eigenvalue weighted by Crippen LogP contribution is -1.81. The summed E-state index contributed by atoms with van der Waals surface area (Å²) in [6.07, 6.45) is 0. The Morgan fingerprint density at radius 2 is 1.67 bits per heavy atom. The summed E-state index contributed by atoms with van der Waals surface area (Å²) in [5, 5.41) is 3.49. The Bertz CT molecular complexity index is 966. The number of fused-ring (bicyclic) bond motifs is 3. The highest BCUT2D eigenvalue weighted by atomic mass is 35.5. The van der Waals surface area contributed by atoms with E-state index in [-0.39, 0.29) is 0 Å². The Kier molecular flexibility index (Phi) is 2.99. The molecule has 1 heterocycles. The molecule has 0 aliphatic heterocycles. The Hall–Kier alpha value is -1.83. The fourth-order valence-corrected chi connectivity index (χ4v) is 4.14. The Balaban J connectivity index is 2.06. The molecule has 0 nitrogen and oxygen atoms in total. The summed E-state index contributed by atoms with van der Waals surface area (Å²) in [5.74, 6) is 0. The third kappa shape index (κ3) is 2.05. The van der Waals surface area contributed by atoms with Gasteiger partial charge in [-0.05, 0) is 41.8 Å². The molecule has 0 aliphatic carbocycles. The van der Waals surface area contributed by atoms with Crippen molar-refractivity contribution in [1.29, 1.82) is 0 Å². The highest BCUT2D eigenvalue weighted by Crippen LogP contribution is 2.40. The van der Waals surface area contributed by atoms with Crippen LogP contribution in [0.25, 0.3) is 31.3 Å². The van der Waals surface area contributed by atoms with Crippen LogP contribution in [0.15, 0.2) is 60.7 Å². The van der Waals surface area contributed by atoms with E-state index in [1.807, 2.05) is 17.4 Å². The van der Waals surface area contributed by atoms with Crippen molar-refractivity contribution in [3.63, 3.8) is 0 Å². The van der Waals surface area contributed by atoms with E-state index in [0.717, 1.165) is 10.6 Å². The summed E-state index contributed by atoms with van der Waals surface area (Å²) in [7, 11) is 0. The summed E-state index contributed by atoms with van der Waals surface area (Å²) in [5.41, 5.74) is 3.63. The zero-order valence-electron chi connectivity index (χ0n) is 11.6. The van der Waals surface area contributed by atoms with Crippen LogP contribution in [-0.2, 0) is 0 Å². The number of aryl methyl sites for hydroxylation is 1. The smallest absolute Gasteiger partial charge is 0.0435 e. The number of benzene rings is 3. The lowest BCUT2D eigenvalue weighted by atomic mass is 10.0. The number of hydrogen-bond acceptors (Lipinski definition) is 1. The molecule has 1 aromatic heterocycles. The second-order valence-electron chi connectivity index (χ2n) is 5.24. The van der Waals surface area contributed by atoms with Crippen molar-refractivity contribution in [2.24, 2.45) is 0 Å². The van der Waals surface area contributed by atoms with Gasteiger partial charge < -0.3 is 0 Å². The van der Waals surface area contributed by atoms with Crippen LogP contribution < -0.4 is 0 Å². The molecular weight excluding hydrogens is 296 g/mol. The first-order valence-electron chi connectivity index (χ1n) is 6.91. The molecule has 0 fully saturated rings. The molecule has 102 valence electrons. The normalized spacial score (nSPS) is 11.3. The third-order valence-electron chi connectivity index (χ3n) is 3.87. The SMILES string of the molecule is Cc1cc(-c2cccc3c2sc2ccccc23)ccc1Cl. The van der Waals surface area contributed by atoms with Gasteiger partial charge in [0.15, 0.2) is 0 Å². The predicted octanol–water partition coefficient (Wildman–Crippen LogP) is 6.68. The van der Waals surface area contributed by atoms with Gasteiger partial charge in [-0.2, -0.15) is 0 Å². The number of thiophene rings is 1. The van der Waals surface area contributed by atoms with Crippen LogP contribution in [0.3, 0.4) is 0 Å². The minimum Gasteiger partial charge on any atom is -0.135 e. The molecule has 4 rings (SSSR count). The standard InChI is InChI=1S/C19H13ClS/c1-12-11-13(9-10-17(12)20)14-6-4-7-16-15-5-2-3-8-18(15)21-19(14)16/h2-11H,1H3. The van der Waals surface area contributed by atoms with Crippen LogP contribution in [-0.4, -0.2) is 0 Å². The van der Waals surface area contributed by atoms with Crippen LogP contribution >= 0.6 is 22.9 Å². The minimum atomic E-state index is 0.822. The first-order chi connectivity index (χ1) is 10.2. The van der Waals surface area contributed by atoms with Crippen LogP contribution in [0.2, 0.25) is 5.02 Å². The lowest BCUT2D eigenvalue weighted by Gasteiger charge is -2.06. The zero-order valence-corrected chi connectivity index (χ0v) is 13.1. The van der Waals surface area contributed by atoms with Crippen molar-refractivity contribution < 1.29 is 0 Å². The molecule has 0 aliphatic rings. The van der Waals surface area contributed by atoms with Crippen LogP contribution in [0.4, 0.5) is 0 Å². The Morgan fingerprint density at radius 1 is 0.857 bits per heavy atom. The van der Waals surface area contributed by atoms with Crippen molar-refractivity contribution in [3.8, 4) is 11.1 Å². The third-order valence-corrected chi connectivity index (χ3v) is 5.52. The van der Waals surface area contributed by atoms with E-state index < -0.39 is 0 Å². The average Bonchev–Trinajstić information content (AvgIpc) is 2.89. The summed E-state index contributed by atoms with van der Waals surface area (Å²) in [6.45, 7) is 2.05. The van der Waals surface area contributed by atoms with E-state index >= 15 is 0 Å². The van der Waals surface area contributed by atoms with Crippen LogP contribution in [0.5, 0.6) is 0 Å². The highest BCUT2D eigenvalue weighted by molar-refractivity contribution is 7.26. The van der Waals surface area contributed by atoms with Gasteiger partial charge in [-0.15, -0.1) is 11.3 Å². The fourth-order valence-electron chi connectivity index (χ4n) is 2.79. The predicted molar refractivity (Wildman–Crippen MR) is 94.5 cm³/mol. The van der Waals surface area contributed by atoms with E-state index in [1.165, 1.54) is 31.3 Å². The number of rotatable bonds is 1. The summed E-state index contributed by atoms with van der Waals surface area (Å²) >= 11 is 8.01. The molecule has 0 bridgehead atoms. The van der Waals surface area contributed by atoms with E-state index in [1.54, 1.807) is 0 Å². The maximum Gasteiger partial charge on any atom is 0.0435 e. The van der Waals surface area contributed by atoms with Crippen molar-refractivity contribution >= 4 is 43.1 Å². The molecule has 0 atom stereocenters. The van der Waals surface area contributed by atoms with Gasteiger partial charge in [-0.25, -0.2) is 0 Å². The Labute approximate surface area is 132 Å². The molecule has 2 heteroatoms. The van der Waals surface area contributed by atoms with Gasteiger partial charge in [0.1, 0.15) is 0 Å². The van der Waals surface area contributed by atoms with Crippen molar-refractivity contribution in [1.82, 2.24) is 0 Å². The fraction of sp³-hybridized carbons (Fsp3) is 0.0526. The second kappa shape index (κ2) is 4.87. The molecule has 0 unspecified atom stereocenters. The first-order valence-corrected chi connectivity index (χ1v) is 8.10. The molecule has 0 spiro atoms. The van der Waals surface area contributed by atoms with Crippen molar-refractivity contribution in [3.05, 3.63) is 71.2 Å². The van der Waals surface area contributed by atoms with Gasteiger partial charge in [0.2, 0.25) is 0 Å². The monoisotopic (exact) mass is 308 g/mol. The van der Waals surface area contributed by atoms with E-state index in [4.69, 9.17) is 11.6 Å². The zero-order chi connectivity index (χ0) is 14.4. The van der Waals surface area contributed by atoms with E-state index in [2.05, 4.69) is 61.5 Å². The highest BCUT2D eigenvalue weighted by Gasteiger charge is 2.10. The number of hydrogen-bond donors (Lipinski definition) is 0. The molecule has 0 N–H and O–H groups in total. The quantitative estimate of drug-likeness (QED) is 0.368. The van der Waals surface area contributed by atoms with Crippen molar-refractivity contribution in [2.75, 3.05) is 0 Å². The Morgan fingerprint density at radius 3 is 2.52 bits per heavy atom. The molecule has 3 aromatic carbocycles. The van der Waals surface area contributed by atoms with Gasteiger partial charge in [0, 0.05) is 25.2 Å². The molecule has 0 radical (unpaired) electrons. The summed E-state index contributed by atoms with van der Waals surface area (Å²) < 4.78 is 2.69. The van der Waals surface area contributed by atoms with Gasteiger partial charge in [0.05, 0.1) is 0 Å². The van der Waals surface area contributed by atoms with E-state index in [9.17, 15) is 0 Å². The van der Waals surface area contributed by atoms with Gasteiger partial charge in [-0.3, -0.25) is 0 Å². The largest absolute Gasteiger partial charge is 0.135 e. The minimum absolute atomic E-state index is 0.822. The summed E-state index contributed by atoms with van der Waals surface area (Å²) in [6, 6.07) is 21.4. The molecule has 4 aromatic rings. The van der Waals surface area contributed by atoms with Gasteiger partial charge in [0.25, 0.3) is 0 Å². The maximum atomic E-state index is 6.15. The van der Waals surface area contributed by atoms with Crippen LogP contribution in [0, 0.1) is 6.92 Å². The molecule has 0 amide bonds. The summed E-state index contributed by atoms with van der Waals surface area (Å²) in [4.78, 5) is 0. The first kappa shape index (κ1) is 12.9. The molecular formula is C19H13ClS. The van der Waals surface area contributed by atoms with E-state index in [0.29, 0.717) is 0 Å². The molecule has 0 saturated heterocycles. The van der Waals surface area contributed by atoms with Crippen molar-refractivity contribution in [2.45, 2.75) is 6.92 Å².